The fourth-order valence-corrected chi connectivity index (χ4v) is 4.69. The third kappa shape index (κ3) is 3.09. The van der Waals surface area contributed by atoms with Crippen LogP contribution in [0.3, 0.4) is 0 Å². The van der Waals surface area contributed by atoms with Crippen LogP contribution >= 0.6 is 0 Å². The number of aromatic nitrogens is 1. The molecule has 150 valence electrons. The molecule has 7 nitrogen and oxygen atoms in total. The van der Waals surface area contributed by atoms with Crippen molar-refractivity contribution in [3.8, 4) is 6.07 Å². The number of nitrogens with zero attached hydrogens (tertiary/aromatic N) is 3. The quantitative estimate of drug-likeness (QED) is 0.624. The van der Waals surface area contributed by atoms with E-state index in [1.165, 1.54) is 0 Å². The molecule has 1 aromatic carbocycles. The van der Waals surface area contributed by atoms with Crippen LogP contribution in [0.1, 0.15) is 49.4 Å². The molecule has 2 heterocycles. The molecule has 1 N–H and O–H groups in total. The van der Waals surface area contributed by atoms with Crippen molar-refractivity contribution < 1.29 is 14.4 Å². The Bertz CT molecular complexity index is 1030. The van der Waals surface area contributed by atoms with E-state index in [-0.39, 0.29) is 24.2 Å². The molecule has 2 aromatic rings. The average Bonchev–Trinajstić information content (AvgIpc) is 3.20. The summed E-state index contributed by atoms with van der Waals surface area (Å²) in [6.45, 7) is 2.20. The van der Waals surface area contributed by atoms with Crippen LogP contribution in [0.4, 0.5) is 4.79 Å². The second kappa shape index (κ2) is 7.36. The number of rotatable bonds is 5. The van der Waals surface area contributed by atoms with Crippen molar-refractivity contribution in [3.63, 3.8) is 0 Å². The second-order valence-corrected chi connectivity index (χ2v) is 8.02. The van der Waals surface area contributed by atoms with Crippen molar-refractivity contribution in [2.75, 3.05) is 6.54 Å². The largest absolute Gasteiger partial charge is 0.346 e. The number of aryl methyl sites for hydroxylation is 1. The Morgan fingerprint density at radius 1 is 1.31 bits per heavy atom. The number of Topliss-reactive ketones (excluding diaryl/α,β-unsaturated/α-hetero) is 1. The SMILES string of the molecule is C[C@@H]1CCCC[C@@]12NC(=O)N(CC(=O)c1cn(CCC#N)c3ccccc13)C2=O. The molecular formula is C22H24N4O3. The first kappa shape index (κ1) is 19.2. The van der Waals surface area contributed by atoms with Gasteiger partial charge in [-0.1, -0.05) is 38.0 Å². The highest BCUT2D eigenvalue weighted by molar-refractivity contribution is 6.14. The van der Waals surface area contributed by atoms with Gasteiger partial charge in [0.15, 0.2) is 5.78 Å². The highest BCUT2D eigenvalue weighted by atomic mass is 16.2. The smallest absolute Gasteiger partial charge is 0.325 e. The van der Waals surface area contributed by atoms with Gasteiger partial charge in [0.1, 0.15) is 5.54 Å². The minimum Gasteiger partial charge on any atom is -0.346 e. The van der Waals surface area contributed by atoms with Gasteiger partial charge in [0, 0.05) is 29.2 Å². The Kier molecular flexibility index (Phi) is 4.87. The molecule has 2 fully saturated rings. The average molecular weight is 392 g/mol. The van der Waals surface area contributed by atoms with E-state index < -0.39 is 11.6 Å². The molecule has 0 bridgehead atoms. The van der Waals surface area contributed by atoms with Gasteiger partial charge in [0.2, 0.25) is 0 Å². The van der Waals surface area contributed by atoms with Gasteiger partial charge in [-0.2, -0.15) is 5.26 Å². The molecule has 7 heteroatoms. The molecule has 29 heavy (non-hydrogen) atoms. The molecule has 1 aliphatic carbocycles. The number of fused-ring (bicyclic) bond motifs is 1. The van der Waals surface area contributed by atoms with Crippen LogP contribution in [0.5, 0.6) is 0 Å². The summed E-state index contributed by atoms with van der Waals surface area (Å²) in [4.78, 5) is 39.9. The first-order valence-electron chi connectivity index (χ1n) is 10.1. The zero-order chi connectivity index (χ0) is 20.6. The van der Waals surface area contributed by atoms with Gasteiger partial charge in [-0.15, -0.1) is 0 Å². The van der Waals surface area contributed by atoms with Crippen molar-refractivity contribution in [1.29, 1.82) is 5.26 Å². The molecule has 2 atom stereocenters. The van der Waals surface area contributed by atoms with Gasteiger partial charge in [0.25, 0.3) is 5.91 Å². The van der Waals surface area contributed by atoms with Gasteiger partial charge >= 0.3 is 6.03 Å². The summed E-state index contributed by atoms with van der Waals surface area (Å²) in [5.74, 6) is -0.502. The van der Waals surface area contributed by atoms with Crippen molar-refractivity contribution in [2.24, 2.45) is 5.92 Å². The minimum absolute atomic E-state index is 0.0562. The standard InChI is InChI=1S/C22H24N4O3/c1-15-7-4-5-10-22(15)20(28)26(21(29)24-22)14-19(27)17-13-25(12-6-11-23)18-9-3-2-8-16(17)18/h2-3,8-9,13,15H,4-7,10,12,14H2,1H3,(H,24,29)/t15-,22-/m1/s1. The number of ketones is 1. The maximum absolute atomic E-state index is 13.1. The Labute approximate surface area is 169 Å². The molecule has 1 aromatic heterocycles. The molecule has 2 aliphatic rings. The van der Waals surface area contributed by atoms with E-state index >= 15 is 0 Å². The first-order valence-corrected chi connectivity index (χ1v) is 10.1. The van der Waals surface area contributed by atoms with Gasteiger partial charge < -0.3 is 9.88 Å². The highest BCUT2D eigenvalue weighted by Crippen LogP contribution is 2.38. The first-order chi connectivity index (χ1) is 14.0. The van der Waals surface area contributed by atoms with E-state index in [2.05, 4.69) is 11.4 Å². The number of urea groups is 1. The molecule has 4 rings (SSSR count). The van der Waals surface area contributed by atoms with Crippen molar-refractivity contribution in [3.05, 3.63) is 36.0 Å². The van der Waals surface area contributed by atoms with Crippen LogP contribution in [-0.4, -0.2) is 39.3 Å². The van der Waals surface area contributed by atoms with E-state index in [9.17, 15) is 14.4 Å². The number of para-hydroxylation sites is 1. The summed E-state index contributed by atoms with van der Waals surface area (Å²) >= 11 is 0. The van der Waals surface area contributed by atoms with Gasteiger partial charge in [-0.3, -0.25) is 14.5 Å². The number of imide groups is 1. The van der Waals surface area contributed by atoms with Crippen LogP contribution in [0, 0.1) is 17.2 Å². The minimum atomic E-state index is -0.865. The topological polar surface area (TPSA) is 95.2 Å². The third-order valence-electron chi connectivity index (χ3n) is 6.36. The number of nitriles is 1. The zero-order valence-electron chi connectivity index (χ0n) is 16.5. The Morgan fingerprint density at radius 2 is 2.10 bits per heavy atom. The lowest BCUT2D eigenvalue weighted by atomic mass is 9.73. The maximum Gasteiger partial charge on any atom is 0.325 e. The zero-order valence-corrected chi connectivity index (χ0v) is 16.5. The summed E-state index contributed by atoms with van der Waals surface area (Å²) in [5, 5.41) is 12.5. The van der Waals surface area contributed by atoms with Crippen LogP contribution < -0.4 is 5.32 Å². The summed E-state index contributed by atoms with van der Waals surface area (Å²) in [7, 11) is 0. The van der Waals surface area contributed by atoms with E-state index in [1.807, 2.05) is 35.8 Å². The Morgan fingerprint density at radius 3 is 2.86 bits per heavy atom. The van der Waals surface area contributed by atoms with Crippen LogP contribution in [-0.2, 0) is 11.3 Å². The number of carbonyl (C=O) groups is 3. The molecule has 0 unspecified atom stereocenters. The van der Waals surface area contributed by atoms with Crippen LogP contribution in [0.15, 0.2) is 30.5 Å². The third-order valence-corrected chi connectivity index (χ3v) is 6.36. The predicted octanol–water partition coefficient (Wildman–Crippen LogP) is 3.24. The number of carbonyl (C=O) groups excluding carboxylic acids is 3. The molecular weight excluding hydrogens is 368 g/mol. The predicted molar refractivity (Wildman–Crippen MR) is 107 cm³/mol. The normalized spacial score (nSPS) is 24.1. The fourth-order valence-electron chi connectivity index (χ4n) is 4.69. The van der Waals surface area contributed by atoms with Crippen LogP contribution in [0.2, 0.25) is 0 Å². The Balaban J connectivity index is 1.61. The number of nitrogens with one attached hydrogen (secondary N) is 1. The van der Waals surface area contributed by atoms with E-state index in [4.69, 9.17) is 5.26 Å². The summed E-state index contributed by atoms with van der Waals surface area (Å²) in [5.41, 5.74) is 0.466. The molecule has 1 aliphatic heterocycles. The molecule has 1 spiro atoms. The van der Waals surface area contributed by atoms with Gasteiger partial charge in [0.05, 0.1) is 19.0 Å². The van der Waals surface area contributed by atoms with E-state index in [0.717, 1.165) is 35.1 Å². The number of hydrogen-bond donors (Lipinski definition) is 1. The van der Waals surface area contributed by atoms with E-state index in [0.29, 0.717) is 24.9 Å². The highest BCUT2D eigenvalue weighted by Gasteiger charge is 2.55. The lowest BCUT2D eigenvalue weighted by Gasteiger charge is -2.36. The molecule has 0 radical (unpaired) electrons. The monoisotopic (exact) mass is 392 g/mol. The summed E-state index contributed by atoms with van der Waals surface area (Å²) in [6, 6.07) is 9.11. The van der Waals surface area contributed by atoms with Gasteiger partial charge in [-0.05, 0) is 24.8 Å². The second-order valence-electron chi connectivity index (χ2n) is 8.02. The van der Waals surface area contributed by atoms with Crippen molar-refractivity contribution >= 4 is 28.6 Å². The number of hydrogen-bond acceptors (Lipinski definition) is 4. The lowest BCUT2D eigenvalue weighted by Crippen LogP contribution is -2.54. The number of amides is 3. The molecule has 3 amide bonds. The lowest BCUT2D eigenvalue weighted by molar-refractivity contribution is -0.133. The molecule has 1 saturated heterocycles. The van der Waals surface area contributed by atoms with Crippen molar-refractivity contribution in [2.45, 2.75) is 51.1 Å². The fraction of sp³-hybridized carbons (Fsp3) is 0.455. The maximum atomic E-state index is 13.1. The van der Waals surface area contributed by atoms with Crippen LogP contribution in [0.25, 0.3) is 10.9 Å². The van der Waals surface area contributed by atoms with Crippen molar-refractivity contribution in [1.82, 2.24) is 14.8 Å². The summed E-state index contributed by atoms with van der Waals surface area (Å²) < 4.78 is 1.88. The summed E-state index contributed by atoms with van der Waals surface area (Å²) in [6.07, 6.45) is 5.51. The van der Waals surface area contributed by atoms with E-state index in [1.54, 1.807) is 6.20 Å². The Hall–Kier alpha value is -3.14. The molecule has 1 saturated carbocycles. The number of benzene rings is 1. The van der Waals surface area contributed by atoms with Gasteiger partial charge in [-0.25, -0.2) is 4.79 Å².